The molecule has 0 radical (unpaired) electrons. The second kappa shape index (κ2) is 8.70. The van der Waals surface area contributed by atoms with Gasteiger partial charge in [0.15, 0.2) is 16.4 Å². The first-order valence-electron chi connectivity index (χ1n) is 9.05. The van der Waals surface area contributed by atoms with E-state index in [1.807, 2.05) is 24.3 Å². The van der Waals surface area contributed by atoms with Crippen molar-refractivity contribution in [3.63, 3.8) is 0 Å². The molecule has 1 atom stereocenters. The molecule has 0 saturated carbocycles. The number of unbranched alkanes of at least 4 members (excludes halogenated alkanes) is 1. The summed E-state index contributed by atoms with van der Waals surface area (Å²) < 4.78 is 29.2. The van der Waals surface area contributed by atoms with Gasteiger partial charge in [0.1, 0.15) is 5.75 Å². The number of hydrogen-bond acceptors (Lipinski definition) is 4. The minimum atomic E-state index is -3.02. The molecule has 1 heterocycles. The summed E-state index contributed by atoms with van der Waals surface area (Å²) in [7, 11) is -3.02. The predicted octanol–water partition coefficient (Wildman–Crippen LogP) is 3.00. The Morgan fingerprint density at radius 2 is 2.12 bits per heavy atom. The quantitative estimate of drug-likeness (QED) is 0.708. The molecular formula is C19H29NO4S. The van der Waals surface area contributed by atoms with Crippen molar-refractivity contribution < 1.29 is 17.9 Å². The van der Waals surface area contributed by atoms with Crippen LogP contribution in [0.15, 0.2) is 24.3 Å². The summed E-state index contributed by atoms with van der Waals surface area (Å²) in [5, 5.41) is 0. The standard InChI is InChI=1S/C19H29NO4S/c1-4-5-10-20(17-9-11-25(22,23)14-17)19(21)13-24-18-8-6-7-16(12-18)15(2)3/h6-8,12,15,17H,4-5,9-11,13-14H2,1-3H3. The average Bonchev–Trinajstić information content (AvgIpc) is 2.93. The van der Waals surface area contributed by atoms with Gasteiger partial charge in [0, 0.05) is 12.6 Å². The lowest BCUT2D eigenvalue weighted by atomic mass is 10.0. The topological polar surface area (TPSA) is 63.7 Å². The Kier molecular flexibility index (Phi) is 6.87. The molecule has 25 heavy (non-hydrogen) atoms. The Morgan fingerprint density at radius 3 is 2.72 bits per heavy atom. The van der Waals surface area contributed by atoms with Crippen molar-refractivity contribution in [3.05, 3.63) is 29.8 Å². The van der Waals surface area contributed by atoms with Crippen molar-refractivity contribution >= 4 is 15.7 Å². The van der Waals surface area contributed by atoms with E-state index in [4.69, 9.17) is 4.74 Å². The van der Waals surface area contributed by atoms with Crippen LogP contribution in [-0.4, -0.2) is 49.9 Å². The third kappa shape index (κ3) is 5.73. The van der Waals surface area contributed by atoms with E-state index >= 15 is 0 Å². The van der Waals surface area contributed by atoms with E-state index in [0.29, 0.717) is 24.6 Å². The SMILES string of the molecule is CCCCN(C(=O)COc1cccc(C(C)C)c1)C1CCS(=O)(=O)C1. The molecule has 1 saturated heterocycles. The van der Waals surface area contributed by atoms with Gasteiger partial charge in [-0.3, -0.25) is 4.79 Å². The smallest absolute Gasteiger partial charge is 0.260 e. The molecule has 5 nitrogen and oxygen atoms in total. The summed E-state index contributed by atoms with van der Waals surface area (Å²) in [6.45, 7) is 6.81. The van der Waals surface area contributed by atoms with Crippen molar-refractivity contribution in [2.75, 3.05) is 24.7 Å². The number of amides is 1. The van der Waals surface area contributed by atoms with Gasteiger partial charge >= 0.3 is 0 Å². The van der Waals surface area contributed by atoms with Gasteiger partial charge in [-0.15, -0.1) is 0 Å². The van der Waals surface area contributed by atoms with E-state index in [0.717, 1.165) is 18.4 Å². The molecule has 0 aromatic heterocycles. The van der Waals surface area contributed by atoms with Gasteiger partial charge in [-0.1, -0.05) is 39.3 Å². The van der Waals surface area contributed by atoms with E-state index in [1.54, 1.807) is 4.90 Å². The summed E-state index contributed by atoms with van der Waals surface area (Å²) in [5.41, 5.74) is 1.16. The molecule has 1 aromatic carbocycles. The van der Waals surface area contributed by atoms with Gasteiger partial charge in [0.25, 0.3) is 5.91 Å². The summed E-state index contributed by atoms with van der Waals surface area (Å²) in [6.07, 6.45) is 2.35. The number of hydrogen-bond donors (Lipinski definition) is 0. The maximum atomic E-state index is 12.6. The molecule has 2 rings (SSSR count). The highest BCUT2D eigenvalue weighted by atomic mass is 32.2. The number of carbonyl (C=O) groups is 1. The first-order chi connectivity index (χ1) is 11.8. The lowest BCUT2D eigenvalue weighted by molar-refractivity contribution is -0.135. The van der Waals surface area contributed by atoms with Crippen LogP contribution in [-0.2, 0) is 14.6 Å². The molecule has 6 heteroatoms. The molecule has 1 amide bonds. The van der Waals surface area contributed by atoms with Crippen molar-refractivity contribution in [3.8, 4) is 5.75 Å². The minimum Gasteiger partial charge on any atom is -0.484 e. The summed E-state index contributed by atoms with van der Waals surface area (Å²) in [4.78, 5) is 14.4. The molecule has 0 N–H and O–H groups in total. The Bertz CT molecular complexity index is 684. The second-order valence-corrected chi connectivity index (χ2v) is 9.24. The van der Waals surface area contributed by atoms with E-state index in [2.05, 4.69) is 20.8 Å². The average molecular weight is 368 g/mol. The highest BCUT2D eigenvalue weighted by Gasteiger charge is 2.34. The van der Waals surface area contributed by atoms with Crippen LogP contribution < -0.4 is 4.74 Å². The van der Waals surface area contributed by atoms with E-state index in [9.17, 15) is 13.2 Å². The zero-order chi connectivity index (χ0) is 18.4. The van der Waals surface area contributed by atoms with E-state index in [1.165, 1.54) is 0 Å². The second-order valence-electron chi connectivity index (χ2n) is 7.01. The first-order valence-corrected chi connectivity index (χ1v) is 10.9. The van der Waals surface area contributed by atoms with Gasteiger partial charge < -0.3 is 9.64 Å². The zero-order valence-electron chi connectivity index (χ0n) is 15.4. The van der Waals surface area contributed by atoms with Crippen LogP contribution in [0.4, 0.5) is 0 Å². The largest absolute Gasteiger partial charge is 0.484 e. The van der Waals surface area contributed by atoms with Crippen LogP contribution in [0.25, 0.3) is 0 Å². The number of carbonyl (C=O) groups excluding carboxylic acids is 1. The molecule has 0 bridgehead atoms. The minimum absolute atomic E-state index is 0.0538. The van der Waals surface area contributed by atoms with Gasteiger partial charge in [0.2, 0.25) is 0 Å². The normalized spacial score (nSPS) is 19.1. The maximum Gasteiger partial charge on any atom is 0.260 e. The van der Waals surface area contributed by atoms with Crippen molar-refractivity contribution in [2.24, 2.45) is 0 Å². The van der Waals surface area contributed by atoms with Crippen LogP contribution in [0.2, 0.25) is 0 Å². The first kappa shape index (κ1) is 19.8. The Morgan fingerprint density at radius 1 is 1.36 bits per heavy atom. The molecule has 1 aliphatic rings. The van der Waals surface area contributed by atoms with Crippen molar-refractivity contribution in [1.29, 1.82) is 0 Å². The van der Waals surface area contributed by atoms with Crippen LogP contribution in [0.5, 0.6) is 5.75 Å². The Hall–Kier alpha value is -1.56. The lowest BCUT2D eigenvalue weighted by Gasteiger charge is -2.28. The molecule has 0 aliphatic carbocycles. The Balaban J connectivity index is 2.00. The fourth-order valence-electron chi connectivity index (χ4n) is 3.05. The number of benzene rings is 1. The zero-order valence-corrected chi connectivity index (χ0v) is 16.2. The highest BCUT2D eigenvalue weighted by molar-refractivity contribution is 7.91. The third-order valence-corrected chi connectivity index (χ3v) is 6.36. The molecule has 1 aromatic rings. The van der Waals surface area contributed by atoms with Gasteiger partial charge in [-0.2, -0.15) is 0 Å². The lowest BCUT2D eigenvalue weighted by Crippen LogP contribution is -2.44. The van der Waals surface area contributed by atoms with E-state index < -0.39 is 9.84 Å². The van der Waals surface area contributed by atoms with Crippen molar-refractivity contribution in [1.82, 2.24) is 4.90 Å². The molecule has 1 unspecified atom stereocenters. The molecular weight excluding hydrogens is 338 g/mol. The number of sulfone groups is 1. The van der Waals surface area contributed by atoms with Gasteiger partial charge in [-0.05, 0) is 36.5 Å². The van der Waals surface area contributed by atoms with Gasteiger partial charge in [0.05, 0.1) is 11.5 Å². The summed E-state index contributed by atoms with van der Waals surface area (Å²) >= 11 is 0. The van der Waals surface area contributed by atoms with E-state index in [-0.39, 0.29) is 30.1 Å². The summed E-state index contributed by atoms with van der Waals surface area (Å²) in [6, 6.07) is 7.54. The summed E-state index contributed by atoms with van der Waals surface area (Å²) in [5.74, 6) is 1.18. The highest BCUT2D eigenvalue weighted by Crippen LogP contribution is 2.21. The fourth-order valence-corrected chi connectivity index (χ4v) is 4.78. The van der Waals surface area contributed by atoms with Crippen LogP contribution in [0, 0.1) is 0 Å². The third-order valence-electron chi connectivity index (χ3n) is 4.61. The Labute approximate surface area is 151 Å². The van der Waals surface area contributed by atoms with Crippen molar-refractivity contribution in [2.45, 2.75) is 52.0 Å². The fraction of sp³-hybridized carbons (Fsp3) is 0.632. The number of rotatable bonds is 8. The van der Waals surface area contributed by atoms with Crippen LogP contribution in [0.3, 0.4) is 0 Å². The molecule has 140 valence electrons. The molecule has 1 aliphatic heterocycles. The van der Waals surface area contributed by atoms with Crippen LogP contribution >= 0.6 is 0 Å². The maximum absolute atomic E-state index is 12.6. The number of nitrogens with zero attached hydrogens (tertiary/aromatic N) is 1. The van der Waals surface area contributed by atoms with Crippen LogP contribution in [0.1, 0.15) is 51.5 Å². The predicted molar refractivity (Wildman–Crippen MR) is 99.7 cm³/mol. The van der Waals surface area contributed by atoms with Gasteiger partial charge in [-0.25, -0.2) is 8.42 Å². The monoisotopic (exact) mass is 367 g/mol. The molecule has 1 fully saturated rings. The number of ether oxygens (including phenoxy) is 1. The molecule has 0 spiro atoms.